The first-order valence-corrected chi connectivity index (χ1v) is 14.3. The Morgan fingerprint density at radius 2 is 1.71 bits per heavy atom. The molecule has 2 atom stereocenters. The van der Waals surface area contributed by atoms with Gasteiger partial charge in [-0.05, 0) is 75.9 Å². The molecule has 2 fully saturated rings. The Labute approximate surface area is 216 Å². The number of alkyl carbamates (subject to hydrolysis) is 1. The molecule has 9 heteroatoms. The van der Waals surface area contributed by atoms with E-state index in [4.69, 9.17) is 10.5 Å². The third-order valence-electron chi connectivity index (χ3n) is 6.84. The summed E-state index contributed by atoms with van der Waals surface area (Å²) in [6, 6.07) is -1.02. The van der Waals surface area contributed by atoms with Crippen LogP contribution in [0, 0.1) is 17.8 Å². The van der Waals surface area contributed by atoms with Crippen molar-refractivity contribution in [1.29, 1.82) is 0 Å². The summed E-state index contributed by atoms with van der Waals surface area (Å²) in [4.78, 5) is 41.2. The summed E-state index contributed by atoms with van der Waals surface area (Å²) in [5.74, 6) is 1.63. The van der Waals surface area contributed by atoms with Crippen LogP contribution in [0.1, 0.15) is 80.1 Å². The highest BCUT2D eigenvalue weighted by Gasteiger charge is 2.44. The molecule has 0 aromatic rings. The highest BCUT2D eigenvalue weighted by Crippen LogP contribution is 2.33. The number of amides is 3. The van der Waals surface area contributed by atoms with Crippen molar-refractivity contribution in [2.45, 2.75) is 103 Å². The van der Waals surface area contributed by atoms with Gasteiger partial charge < -0.3 is 26.0 Å². The molecule has 1 aliphatic carbocycles. The summed E-state index contributed by atoms with van der Waals surface area (Å²) in [5, 5.41) is 5.94. The molecule has 0 spiro atoms. The number of rotatable bonds is 11. The third-order valence-corrected chi connectivity index (χ3v) is 8.65. The van der Waals surface area contributed by atoms with Gasteiger partial charge in [0.1, 0.15) is 12.1 Å². The van der Waals surface area contributed by atoms with Crippen LogP contribution >= 0.6 is 11.8 Å². The zero-order chi connectivity index (χ0) is 26.2. The van der Waals surface area contributed by atoms with Crippen molar-refractivity contribution in [1.82, 2.24) is 15.5 Å². The normalized spacial score (nSPS) is 23.9. The van der Waals surface area contributed by atoms with E-state index < -0.39 is 22.9 Å². The maximum Gasteiger partial charge on any atom is 0.407 e. The summed E-state index contributed by atoms with van der Waals surface area (Å²) in [6.07, 6.45) is 4.87. The summed E-state index contributed by atoms with van der Waals surface area (Å²) >= 11 is 1.66. The second-order valence-electron chi connectivity index (χ2n) is 11.6. The Hall–Kier alpha value is -1.48. The van der Waals surface area contributed by atoms with Crippen molar-refractivity contribution in [3.05, 3.63) is 0 Å². The number of ether oxygens (including phenoxy) is 1. The van der Waals surface area contributed by atoms with Crippen molar-refractivity contribution in [2.75, 3.05) is 25.4 Å². The predicted octanol–water partition coefficient (Wildman–Crippen LogP) is 3.53. The lowest BCUT2D eigenvalue weighted by Gasteiger charge is -2.37. The van der Waals surface area contributed by atoms with E-state index in [1.807, 2.05) is 27.7 Å². The molecule has 4 N–H and O–H groups in total. The second-order valence-corrected chi connectivity index (χ2v) is 13.3. The SMILES string of the molecule is CC(C)COC(=O)NC(C(=O)N1CCCC1C(=O)NCC1CCC(N)CC1)C(C)(C)SCC(C)C. The molecule has 0 radical (unpaired) electrons. The lowest BCUT2D eigenvalue weighted by Crippen LogP contribution is -2.60. The Morgan fingerprint density at radius 1 is 1.06 bits per heavy atom. The summed E-state index contributed by atoms with van der Waals surface area (Å²) < 4.78 is 4.77. The van der Waals surface area contributed by atoms with Crippen molar-refractivity contribution >= 4 is 29.7 Å². The number of hydrogen-bond acceptors (Lipinski definition) is 6. The van der Waals surface area contributed by atoms with Crippen LogP contribution in [0.5, 0.6) is 0 Å². The molecule has 0 aromatic carbocycles. The van der Waals surface area contributed by atoms with Crippen LogP contribution in [0.25, 0.3) is 0 Å². The van der Waals surface area contributed by atoms with Crippen LogP contribution in [0.2, 0.25) is 0 Å². The highest BCUT2D eigenvalue weighted by molar-refractivity contribution is 8.00. The van der Waals surface area contributed by atoms with E-state index >= 15 is 0 Å². The molecule has 35 heavy (non-hydrogen) atoms. The van der Waals surface area contributed by atoms with Crippen molar-refractivity contribution in [3.63, 3.8) is 0 Å². The number of thioether (sulfide) groups is 1. The van der Waals surface area contributed by atoms with Gasteiger partial charge in [0.25, 0.3) is 0 Å². The average Bonchev–Trinajstić information content (AvgIpc) is 3.29. The summed E-state index contributed by atoms with van der Waals surface area (Å²) in [7, 11) is 0. The summed E-state index contributed by atoms with van der Waals surface area (Å²) in [5.41, 5.74) is 6.00. The minimum absolute atomic E-state index is 0.0977. The first-order chi connectivity index (χ1) is 16.4. The minimum atomic E-state index is -0.792. The molecule has 8 nitrogen and oxygen atoms in total. The fourth-order valence-electron chi connectivity index (χ4n) is 4.62. The minimum Gasteiger partial charge on any atom is -0.449 e. The summed E-state index contributed by atoms with van der Waals surface area (Å²) in [6.45, 7) is 13.6. The quantitative estimate of drug-likeness (QED) is 0.390. The lowest BCUT2D eigenvalue weighted by atomic mass is 9.86. The zero-order valence-corrected chi connectivity index (χ0v) is 23.4. The Kier molecular flexibility index (Phi) is 11.7. The van der Waals surface area contributed by atoms with Crippen LogP contribution < -0.4 is 16.4 Å². The molecule has 202 valence electrons. The number of nitrogens with zero attached hydrogens (tertiary/aromatic N) is 1. The standard InChI is InChI=1S/C26H48N4O4S/c1-17(2)15-34-25(33)29-22(26(5,6)35-16-18(3)4)24(32)30-13-7-8-21(30)23(31)28-14-19-9-11-20(27)12-10-19/h17-22H,7-16,27H2,1-6H3,(H,28,31)(H,29,33). The van der Waals surface area contributed by atoms with Crippen LogP contribution in [0.4, 0.5) is 4.79 Å². The molecule has 1 saturated heterocycles. The maximum absolute atomic E-state index is 13.8. The van der Waals surface area contributed by atoms with Gasteiger partial charge in [-0.3, -0.25) is 9.59 Å². The molecule has 0 aromatic heterocycles. The second kappa shape index (κ2) is 13.7. The van der Waals surface area contributed by atoms with E-state index in [1.165, 1.54) is 0 Å². The molecule has 2 rings (SSSR count). The molecule has 0 bridgehead atoms. The number of nitrogens with two attached hydrogens (primary N) is 1. The lowest BCUT2D eigenvalue weighted by molar-refractivity contribution is -0.140. The number of carbonyl (C=O) groups excluding carboxylic acids is 3. The fourth-order valence-corrected chi connectivity index (χ4v) is 5.71. The first-order valence-electron chi connectivity index (χ1n) is 13.3. The van der Waals surface area contributed by atoms with E-state index in [0.717, 1.165) is 37.9 Å². The van der Waals surface area contributed by atoms with Gasteiger partial charge in [0.2, 0.25) is 11.8 Å². The molecule has 2 aliphatic rings. The van der Waals surface area contributed by atoms with Crippen molar-refractivity contribution in [3.8, 4) is 0 Å². The average molecular weight is 513 g/mol. The van der Waals surface area contributed by atoms with Gasteiger partial charge in [0.15, 0.2) is 0 Å². The van der Waals surface area contributed by atoms with Gasteiger partial charge in [-0.1, -0.05) is 27.7 Å². The van der Waals surface area contributed by atoms with E-state index in [-0.39, 0.29) is 30.4 Å². The maximum atomic E-state index is 13.8. The zero-order valence-electron chi connectivity index (χ0n) is 22.6. The van der Waals surface area contributed by atoms with E-state index in [0.29, 0.717) is 31.3 Å². The Bertz CT molecular complexity index is 707. The Balaban J connectivity index is 2.08. The molecule has 1 saturated carbocycles. The number of hydrogen-bond donors (Lipinski definition) is 3. The number of nitrogens with one attached hydrogen (secondary N) is 2. The van der Waals surface area contributed by atoms with E-state index in [2.05, 4.69) is 24.5 Å². The van der Waals surface area contributed by atoms with E-state index in [9.17, 15) is 14.4 Å². The molecular weight excluding hydrogens is 464 g/mol. The van der Waals surface area contributed by atoms with Crippen LogP contribution in [-0.4, -0.2) is 71.1 Å². The number of carbonyl (C=O) groups is 3. The fraction of sp³-hybridized carbons (Fsp3) is 0.885. The molecule has 2 unspecified atom stereocenters. The van der Waals surface area contributed by atoms with Gasteiger partial charge in [-0.2, -0.15) is 11.8 Å². The van der Waals surface area contributed by atoms with Gasteiger partial charge >= 0.3 is 6.09 Å². The van der Waals surface area contributed by atoms with Crippen molar-refractivity contribution < 1.29 is 19.1 Å². The topological polar surface area (TPSA) is 114 Å². The molecule has 1 heterocycles. The third kappa shape index (κ3) is 9.48. The smallest absolute Gasteiger partial charge is 0.407 e. The molecule has 3 amide bonds. The predicted molar refractivity (Wildman–Crippen MR) is 142 cm³/mol. The van der Waals surface area contributed by atoms with Crippen LogP contribution in [0.15, 0.2) is 0 Å². The highest BCUT2D eigenvalue weighted by atomic mass is 32.2. The Morgan fingerprint density at radius 3 is 2.31 bits per heavy atom. The van der Waals surface area contributed by atoms with Gasteiger partial charge in [-0.15, -0.1) is 0 Å². The number of likely N-dealkylation sites (tertiary alicyclic amines) is 1. The van der Waals surface area contributed by atoms with Crippen molar-refractivity contribution in [2.24, 2.45) is 23.5 Å². The molecular formula is C26H48N4O4S. The van der Waals surface area contributed by atoms with E-state index in [1.54, 1.807) is 16.7 Å². The first kappa shape index (κ1) is 29.7. The largest absolute Gasteiger partial charge is 0.449 e. The van der Waals surface area contributed by atoms with Crippen LogP contribution in [0.3, 0.4) is 0 Å². The van der Waals surface area contributed by atoms with Gasteiger partial charge in [0.05, 0.1) is 6.61 Å². The monoisotopic (exact) mass is 512 g/mol. The molecule has 1 aliphatic heterocycles. The van der Waals surface area contributed by atoms with Gasteiger partial charge in [-0.25, -0.2) is 4.79 Å². The van der Waals surface area contributed by atoms with Gasteiger partial charge in [0, 0.05) is 23.9 Å². The van der Waals surface area contributed by atoms with Crippen LogP contribution in [-0.2, 0) is 14.3 Å².